The molecule has 4 aromatic rings. The second kappa shape index (κ2) is 42.4. The molecule has 0 aliphatic rings. The molecule has 0 aliphatic heterocycles. The molecule has 4 aromatic carbocycles. The molecule has 0 radical (unpaired) electrons. The molecule has 0 aliphatic carbocycles. The number of benzene rings is 4. The smallest absolute Gasteiger partial charge is 0.206 e. The summed E-state index contributed by atoms with van der Waals surface area (Å²) in [7, 11) is 1.62. The van der Waals surface area contributed by atoms with E-state index in [2.05, 4.69) is 54.5 Å². The number of aromatic hydroxyl groups is 3. The van der Waals surface area contributed by atoms with Crippen molar-refractivity contribution in [1.29, 1.82) is 0 Å². The van der Waals surface area contributed by atoms with Crippen molar-refractivity contribution in [2.45, 2.75) is 239 Å². The normalized spacial score (nSPS) is 15.0. The lowest BCUT2D eigenvalue weighted by Gasteiger charge is -2.25. The highest BCUT2D eigenvalue weighted by Crippen LogP contribution is 2.44. The van der Waals surface area contributed by atoms with Gasteiger partial charge in [-0.15, -0.1) is 0 Å². The van der Waals surface area contributed by atoms with Crippen molar-refractivity contribution in [3.63, 3.8) is 0 Å². The zero-order chi connectivity index (χ0) is 63.5. The minimum absolute atomic E-state index is 0.0585. The largest absolute Gasteiger partial charge is 0.504 e. The quantitative estimate of drug-likeness (QED) is 0.0368. The molecule has 11 unspecified atom stereocenters. The summed E-state index contributed by atoms with van der Waals surface area (Å²) in [6.45, 7) is 44.7. The average Bonchev–Trinajstić information content (AvgIpc) is 3.27. The van der Waals surface area contributed by atoms with Crippen molar-refractivity contribution in [1.82, 2.24) is 0 Å². The number of rotatable bonds is 35. The van der Waals surface area contributed by atoms with Crippen LogP contribution in [0.1, 0.15) is 217 Å². The Morgan fingerprint density at radius 3 is 0.917 bits per heavy atom. The van der Waals surface area contributed by atoms with Crippen molar-refractivity contribution in [2.24, 2.45) is 0 Å². The molecule has 0 bridgehead atoms. The maximum Gasteiger partial charge on any atom is 0.206 e. The van der Waals surface area contributed by atoms with E-state index in [4.69, 9.17) is 66.3 Å². The minimum Gasteiger partial charge on any atom is -0.504 e. The van der Waals surface area contributed by atoms with Gasteiger partial charge in [-0.25, -0.2) is 0 Å². The Bertz CT molecular complexity index is 2310. The Hall–Kier alpha value is -5.40. The Labute approximate surface area is 505 Å². The number of methoxy groups -OCH3 is 1. The zero-order valence-corrected chi connectivity index (χ0v) is 55.3. The summed E-state index contributed by atoms with van der Waals surface area (Å²) in [6, 6.07) is 18.8. The second-order valence-corrected chi connectivity index (χ2v) is 20.2. The Morgan fingerprint density at radius 2 is 0.560 bits per heavy atom. The zero-order valence-electron chi connectivity index (χ0n) is 55.3. The minimum atomic E-state index is -0.513. The number of hydrogen-bond donors (Lipinski definition) is 3. The van der Waals surface area contributed by atoms with Gasteiger partial charge in [0.1, 0.15) is 0 Å². The van der Waals surface area contributed by atoms with Crippen LogP contribution in [0.25, 0.3) is 0 Å². The Kier molecular flexibility index (Phi) is 38.7. The third kappa shape index (κ3) is 28.2. The molecule has 0 amide bonds. The van der Waals surface area contributed by atoms with E-state index in [0.29, 0.717) is 91.9 Å². The van der Waals surface area contributed by atoms with Crippen molar-refractivity contribution in [3.05, 3.63) is 82.9 Å². The van der Waals surface area contributed by atoms with Gasteiger partial charge >= 0.3 is 0 Å². The van der Waals surface area contributed by atoms with Gasteiger partial charge in [0.15, 0.2) is 90.0 Å². The maximum atomic E-state index is 9.89. The Balaban J connectivity index is 0.000000571. The molecule has 480 valence electrons. The highest BCUT2D eigenvalue weighted by Gasteiger charge is 2.24. The van der Waals surface area contributed by atoms with E-state index in [1.165, 1.54) is 5.56 Å². The van der Waals surface area contributed by atoms with Crippen LogP contribution in [0.3, 0.4) is 0 Å². The van der Waals surface area contributed by atoms with Gasteiger partial charge in [-0.2, -0.15) is 0 Å². The van der Waals surface area contributed by atoms with E-state index in [-0.39, 0.29) is 47.8 Å². The van der Waals surface area contributed by atoms with Gasteiger partial charge in [-0.1, -0.05) is 67.5 Å². The molecule has 0 aromatic heterocycles. The van der Waals surface area contributed by atoms with Crippen LogP contribution in [0, 0.1) is 0 Å². The van der Waals surface area contributed by atoms with Crippen molar-refractivity contribution in [3.8, 4) is 57.5 Å². The summed E-state index contributed by atoms with van der Waals surface area (Å²) in [5.41, 5.74) is 4.36. The lowest BCUT2D eigenvalue weighted by Crippen LogP contribution is -2.22. The van der Waals surface area contributed by atoms with Gasteiger partial charge in [0, 0.05) is 46.8 Å². The molecule has 0 spiro atoms. The molecule has 17 heteroatoms. The fraction of sp³-hybridized carbons (Fsp3) is 0.642. The molecule has 17 nitrogen and oxygen atoms in total. The van der Waals surface area contributed by atoms with E-state index in [1.807, 2.05) is 120 Å². The Morgan fingerprint density at radius 1 is 0.286 bits per heavy atom. The molecule has 4 rings (SSSR count). The fourth-order valence-electron chi connectivity index (χ4n) is 7.99. The van der Waals surface area contributed by atoms with Crippen LogP contribution in [-0.2, 0) is 33.2 Å². The third-order valence-electron chi connectivity index (χ3n) is 13.6. The fourth-order valence-corrected chi connectivity index (χ4v) is 7.99. The van der Waals surface area contributed by atoms with Crippen LogP contribution in [0.4, 0.5) is 0 Å². The summed E-state index contributed by atoms with van der Waals surface area (Å²) < 4.78 is 78.4. The van der Waals surface area contributed by atoms with Gasteiger partial charge in [-0.05, 0) is 210 Å². The molecular formula is C67H110O17. The summed E-state index contributed by atoms with van der Waals surface area (Å²) >= 11 is 0. The molecule has 84 heavy (non-hydrogen) atoms. The monoisotopic (exact) mass is 1190 g/mol. The molecule has 0 saturated carbocycles. The molecular weight excluding hydrogens is 1080 g/mol. The highest BCUT2D eigenvalue weighted by atomic mass is 16.7. The van der Waals surface area contributed by atoms with Crippen LogP contribution < -0.4 is 33.2 Å². The van der Waals surface area contributed by atoms with E-state index in [0.717, 1.165) is 42.4 Å². The van der Waals surface area contributed by atoms with Crippen molar-refractivity contribution < 1.29 is 81.6 Å². The van der Waals surface area contributed by atoms with Crippen LogP contribution in [0.15, 0.2) is 60.7 Å². The van der Waals surface area contributed by atoms with Crippen LogP contribution in [0.5, 0.6) is 57.5 Å². The number of phenolic OH excluding ortho intramolecular Hbond substituents is 3. The first-order chi connectivity index (χ1) is 39.9. The molecule has 0 heterocycles. The predicted molar refractivity (Wildman–Crippen MR) is 333 cm³/mol. The van der Waals surface area contributed by atoms with Crippen LogP contribution in [0.2, 0.25) is 0 Å². The standard InChI is InChI=1S/C22H38O6.C17H28O4.C14H22O4.C14H22O3/c1-9-15(5)19-13-20(26-16(6)23-10-2)22(28-18(8)25-12-4)21(14-19)27-17(7)24-11-3;1-7-12(3)15-9-10-16(21-14(5)19-8-2)17(11-15)20-13(4)18-6;1-5-9(3)11-7-12(15)14(13(16)8-11)18-10(4)17-6-2;1-5-10(3)12-7-8-14(13(15)9-12)17-11(4)16-6-2/h13-18H,9-12H2,1-8H3;9-14H,7-8H2,1-6H3;7-10,15-16H,5-6H2,1-4H3;7-11,15H,5-6H2,1-4H3. The van der Waals surface area contributed by atoms with Gasteiger partial charge < -0.3 is 81.6 Å². The predicted octanol–water partition coefficient (Wildman–Crippen LogP) is 16.9. The number of ether oxygens (including phenoxy) is 14. The summed E-state index contributed by atoms with van der Waals surface area (Å²) in [6.07, 6.45) is 1.27. The second-order valence-electron chi connectivity index (χ2n) is 20.2. The van der Waals surface area contributed by atoms with Gasteiger partial charge in [0.05, 0.1) is 0 Å². The molecule has 0 fully saturated rings. The first kappa shape index (κ1) is 76.6. The van der Waals surface area contributed by atoms with E-state index < -0.39 is 25.2 Å². The van der Waals surface area contributed by atoms with E-state index in [1.54, 1.807) is 38.3 Å². The lowest BCUT2D eigenvalue weighted by atomic mass is 9.98. The number of phenols is 3. The SMILES string of the molecule is CCOC(C)Oc1c(O)cc(C(C)CC)cc1O.CCOC(C)Oc1cc(C(C)CC)cc(OC(C)OCC)c1OC(C)OCC.CCOC(C)Oc1ccc(C(C)CC)cc1O.CCOC(C)Oc1ccc(C(C)CC)cc1OC(C)OC. The average molecular weight is 1190 g/mol. The first-order valence-electron chi connectivity index (χ1n) is 30.5. The van der Waals surface area contributed by atoms with Gasteiger partial charge in [-0.3, -0.25) is 0 Å². The first-order valence-corrected chi connectivity index (χ1v) is 30.5. The molecule has 0 saturated heterocycles. The summed E-state index contributed by atoms with van der Waals surface area (Å²) in [4.78, 5) is 0. The topological polar surface area (TPSA) is 190 Å². The van der Waals surface area contributed by atoms with Crippen molar-refractivity contribution >= 4 is 0 Å². The van der Waals surface area contributed by atoms with Crippen LogP contribution >= 0.6 is 0 Å². The summed E-state index contributed by atoms with van der Waals surface area (Å²) in [5.74, 6) is 5.14. The maximum absolute atomic E-state index is 9.89. The highest BCUT2D eigenvalue weighted by molar-refractivity contribution is 5.55. The lowest BCUT2D eigenvalue weighted by molar-refractivity contribution is -0.0849. The molecule has 3 N–H and O–H groups in total. The van der Waals surface area contributed by atoms with E-state index in [9.17, 15) is 15.3 Å². The number of hydrogen-bond acceptors (Lipinski definition) is 17. The van der Waals surface area contributed by atoms with Crippen LogP contribution in [-0.4, -0.2) is 106 Å². The van der Waals surface area contributed by atoms with Crippen molar-refractivity contribution in [2.75, 3.05) is 46.8 Å². The third-order valence-corrected chi connectivity index (χ3v) is 13.6. The summed E-state index contributed by atoms with van der Waals surface area (Å²) in [5, 5.41) is 29.7. The molecule has 11 atom stereocenters. The van der Waals surface area contributed by atoms with Gasteiger partial charge in [0.2, 0.25) is 11.5 Å². The van der Waals surface area contributed by atoms with E-state index >= 15 is 0 Å². The van der Waals surface area contributed by atoms with Gasteiger partial charge in [0.25, 0.3) is 0 Å².